The van der Waals surface area contributed by atoms with Crippen molar-refractivity contribution in [3.8, 4) is 10.6 Å². The van der Waals surface area contributed by atoms with Gasteiger partial charge in [0.1, 0.15) is 0 Å². The van der Waals surface area contributed by atoms with E-state index in [-0.39, 0.29) is 5.91 Å². The lowest BCUT2D eigenvalue weighted by Gasteiger charge is -2.27. The molecule has 3 heterocycles. The van der Waals surface area contributed by atoms with Gasteiger partial charge in [0.15, 0.2) is 5.76 Å². The van der Waals surface area contributed by atoms with Crippen molar-refractivity contribution < 1.29 is 9.32 Å². The van der Waals surface area contributed by atoms with Crippen LogP contribution in [0.25, 0.3) is 10.6 Å². The molecule has 5 nitrogen and oxygen atoms in total. The SMILES string of the molecule is O=C(CSCc1cc(-c2cccs2)on1)NCC1CNC1. The second-order valence-electron chi connectivity index (χ2n) is 4.98. The van der Waals surface area contributed by atoms with Crippen molar-refractivity contribution in [3.63, 3.8) is 0 Å². The van der Waals surface area contributed by atoms with Gasteiger partial charge in [-0.2, -0.15) is 0 Å². The second-order valence-corrected chi connectivity index (χ2v) is 6.91. The Labute approximate surface area is 131 Å². The molecule has 0 radical (unpaired) electrons. The number of amides is 1. The van der Waals surface area contributed by atoms with E-state index in [1.807, 2.05) is 23.6 Å². The predicted molar refractivity (Wildman–Crippen MR) is 85.3 cm³/mol. The summed E-state index contributed by atoms with van der Waals surface area (Å²) in [4.78, 5) is 12.7. The van der Waals surface area contributed by atoms with Crippen LogP contribution in [0, 0.1) is 5.92 Å². The van der Waals surface area contributed by atoms with Crippen LogP contribution in [-0.4, -0.2) is 36.5 Å². The average molecular weight is 323 g/mol. The van der Waals surface area contributed by atoms with Gasteiger partial charge < -0.3 is 15.2 Å². The van der Waals surface area contributed by atoms with E-state index in [1.54, 1.807) is 23.1 Å². The van der Waals surface area contributed by atoms with Gasteiger partial charge in [-0.25, -0.2) is 0 Å². The van der Waals surface area contributed by atoms with E-state index in [1.165, 1.54) is 0 Å². The molecule has 0 spiro atoms. The van der Waals surface area contributed by atoms with E-state index in [9.17, 15) is 4.79 Å². The van der Waals surface area contributed by atoms with Crippen LogP contribution >= 0.6 is 23.1 Å². The number of thiophene rings is 1. The quantitative estimate of drug-likeness (QED) is 0.815. The number of aromatic nitrogens is 1. The first-order valence-corrected chi connectivity index (χ1v) is 8.89. The van der Waals surface area contributed by atoms with Crippen molar-refractivity contribution in [2.24, 2.45) is 5.92 Å². The second kappa shape index (κ2) is 7.11. The number of rotatable bonds is 7. The number of hydrogen-bond acceptors (Lipinski definition) is 6. The topological polar surface area (TPSA) is 67.2 Å². The Kier molecular flexibility index (Phi) is 4.95. The van der Waals surface area contributed by atoms with E-state index >= 15 is 0 Å². The number of carbonyl (C=O) groups is 1. The van der Waals surface area contributed by atoms with Gasteiger partial charge in [-0.15, -0.1) is 23.1 Å². The fourth-order valence-electron chi connectivity index (χ4n) is 1.97. The lowest BCUT2D eigenvalue weighted by Crippen LogP contribution is -2.48. The molecule has 2 aromatic heterocycles. The Morgan fingerprint density at radius 2 is 2.48 bits per heavy atom. The summed E-state index contributed by atoms with van der Waals surface area (Å²) >= 11 is 3.18. The highest BCUT2D eigenvalue weighted by molar-refractivity contribution is 7.99. The first kappa shape index (κ1) is 14.6. The Balaban J connectivity index is 1.38. The summed E-state index contributed by atoms with van der Waals surface area (Å²) in [5, 5.41) is 12.2. The molecule has 0 bridgehead atoms. The Bertz CT molecular complexity index is 579. The fraction of sp³-hybridized carbons (Fsp3) is 0.429. The van der Waals surface area contributed by atoms with Crippen molar-refractivity contribution >= 4 is 29.0 Å². The molecule has 1 saturated heterocycles. The highest BCUT2D eigenvalue weighted by atomic mass is 32.2. The third kappa shape index (κ3) is 4.09. The Hall–Kier alpha value is -1.31. The third-order valence-electron chi connectivity index (χ3n) is 3.26. The molecule has 1 fully saturated rings. The van der Waals surface area contributed by atoms with Gasteiger partial charge >= 0.3 is 0 Å². The molecule has 3 rings (SSSR count). The van der Waals surface area contributed by atoms with E-state index in [4.69, 9.17) is 4.52 Å². The Morgan fingerprint density at radius 3 is 3.19 bits per heavy atom. The van der Waals surface area contributed by atoms with Crippen molar-refractivity contribution in [2.45, 2.75) is 5.75 Å². The molecule has 1 aliphatic rings. The summed E-state index contributed by atoms with van der Waals surface area (Å²) < 4.78 is 5.31. The third-order valence-corrected chi connectivity index (χ3v) is 5.11. The van der Waals surface area contributed by atoms with Crippen LogP contribution in [-0.2, 0) is 10.5 Å². The number of thioether (sulfide) groups is 1. The number of nitrogens with one attached hydrogen (secondary N) is 2. The zero-order valence-corrected chi connectivity index (χ0v) is 13.1. The molecule has 1 aliphatic heterocycles. The molecular weight excluding hydrogens is 306 g/mol. The highest BCUT2D eigenvalue weighted by Gasteiger charge is 2.17. The van der Waals surface area contributed by atoms with Crippen LogP contribution in [0.15, 0.2) is 28.1 Å². The molecule has 0 saturated carbocycles. The van der Waals surface area contributed by atoms with Gasteiger partial charge in [-0.3, -0.25) is 4.79 Å². The molecule has 0 unspecified atom stereocenters. The van der Waals surface area contributed by atoms with Gasteiger partial charge in [-0.05, 0) is 11.4 Å². The molecule has 0 atom stereocenters. The standard InChI is InChI=1S/C14H17N3O2S2/c18-14(16-7-10-5-15-6-10)9-20-8-11-4-12(19-17-11)13-2-1-3-21-13/h1-4,10,15H,5-9H2,(H,16,18). The summed E-state index contributed by atoms with van der Waals surface area (Å²) in [5.41, 5.74) is 0.874. The zero-order chi connectivity index (χ0) is 14.5. The Morgan fingerprint density at radius 1 is 1.57 bits per heavy atom. The van der Waals surface area contributed by atoms with Gasteiger partial charge in [0.2, 0.25) is 5.91 Å². The number of hydrogen-bond donors (Lipinski definition) is 2. The predicted octanol–water partition coefficient (Wildman–Crippen LogP) is 1.97. The molecule has 2 aromatic rings. The summed E-state index contributed by atoms with van der Waals surface area (Å²) in [6.45, 7) is 2.80. The highest BCUT2D eigenvalue weighted by Crippen LogP contribution is 2.26. The van der Waals surface area contributed by atoms with Gasteiger partial charge in [0.05, 0.1) is 16.3 Å². The maximum Gasteiger partial charge on any atom is 0.230 e. The number of carbonyl (C=O) groups excluding carboxylic acids is 1. The monoisotopic (exact) mass is 323 g/mol. The lowest BCUT2D eigenvalue weighted by atomic mass is 10.0. The molecule has 1 amide bonds. The van der Waals surface area contributed by atoms with Crippen LogP contribution in [0.4, 0.5) is 0 Å². The molecule has 0 aliphatic carbocycles. The van der Waals surface area contributed by atoms with Gasteiger partial charge in [0, 0.05) is 37.4 Å². The zero-order valence-electron chi connectivity index (χ0n) is 11.5. The molecular formula is C14H17N3O2S2. The van der Waals surface area contributed by atoms with Crippen LogP contribution in [0.5, 0.6) is 0 Å². The smallest absolute Gasteiger partial charge is 0.230 e. The minimum atomic E-state index is 0.0916. The van der Waals surface area contributed by atoms with Crippen molar-refractivity contribution in [1.82, 2.24) is 15.8 Å². The van der Waals surface area contributed by atoms with Crippen LogP contribution in [0.2, 0.25) is 0 Å². The van der Waals surface area contributed by atoms with Crippen LogP contribution in [0.1, 0.15) is 5.69 Å². The lowest BCUT2D eigenvalue weighted by molar-refractivity contribution is -0.118. The summed E-state index contributed by atoms with van der Waals surface area (Å²) in [7, 11) is 0. The summed E-state index contributed by atoms with van der Waals surface area (Å²) in [6, 6.07) is 5.93. The first-order chi connectivity index (χ1) is 10.3. The van der Waals surface area contributed by atoms with E-state index in [0.29, 0.717) is 17.4 Å². The minimum absolute atomic E-state index is 0.0916. The minimum Gasteiger partial charge on any atom is -0.355 e. The van der Waals surface area contributed by atoms with Crippen molar-refractivity contribution in [2.75, 3.05) is 25.4 Å². The molecule has 7 heteroatoms. The summed E-state index contributed by atoms with van der Waals surface area (Å²) in [5.74, 6) is 2.63. The molecule has 112 valence electrons. The first-order valence-electron chi connectivity index (χ1n) is 6.86. The molecule has 2 N–H and O–H groups in total. The maximum atomic E-state index is 11.7. The van der Waals surface area contributed by atoms with Gasteiger partial charge in [0.25, 0.3) is 0 Å². The van der Waals surface area contributed by atoms with Crippen LogP contribution in [0.3, 0.4) is 0 Å². The van der Waals surface area contributed by atoms with Crippen molar-refractivity contribution in [3.05, 3.63) is 29.3 Å². The summed E-state index contributed by atoms with van der Waals surface area (Å²) in [6.07, 6.45) is 0. The normalized spacial score (nSPS) is 14.9. The van der Waals surface area contributed by atoms with E-state index in [0.717, 1.165) is 36.0 Å². The molecule has 0 aromatic carbocycles. The number of nitrogens with zero attached hydrogens (tertiary/aromatic N) is 1. The average Bonchev–Trinajstić information content (AvgIpc) is 3.07. The van der Waals surface area contributed by atoms with Crippen molar-refractivity contribution in [1.29, 1.82) is 0 Å². The van der Waals surface area contributed by atoms with Gasteiger partial charge in [-0.1, -0.05) is 11.2 Å². The van der Waals surface area contributed by atoms with E-state index in [2.05, 4.69) is 15.8 Å². The largest absolute Gasteiger partial charge is 0.355 e. The van der Waals surface area contributed by atoms with Crippen LogP contribution < -0.4 is 10.6 Å². The maximum absolute atomic E-state index is 11.7. The van der Waals surface area contributed by atoms with E-state index < -0.39 is 0 Å². The molecule has 21 heavy (non-hydrogen) atoms. The fourth-order valence-corrected chi connectivity index (χ4v) is 3.37.